The summed E-state index contributed by atoms with van der Waals surface area (Å²) in [5, 5.41) is 18.8. The van der Waals surface area contributed by atoms with E-state index in [0.717, 1.165) is 29.3 Å². The van der Waals surface area contributed by atoms with Crippen molar-refractivity contribution >= 4 is 34.5 Å². The lowest BCUT2D eigenvalue weighted by Crippen LogP contribution is -2.42. The molecule has 0 aromatic heterocycles. The molecule has 108 valence electrons. The molecule has 0 atom stereocenters. The van der Waals surface area contributed by atoms with E-state index in [2.05, 4.69) is 22.6 Å². The van der Waals surface area contributed by atoms with Crippen LogP contribution in [0.3, 0.4) is 0 Å². The minimum Gasteiger partial charge on any atom is -0.507 e. The molecule has 5 nitrogen and oxygen atoms in total. The number of carbonyl (C=O) groups is 2. The number of hydrogen-bond acceptors (Lipinski definition) is 3. The number of carboxylic acid groups (broad SMARTS) is 1. The first-order chi connectivity index (χ1) is 9.49. The van der Waals surface area contributed by atoms with Gasteiger partial charge in [0.1, 0.15) is 12.3 Å². The standard InChI is InChI=1S/C14H16INO4/c15-9-5-6-12(17)11(7-9)14(20)16(8-13(18)19)10-3-1-2-4-10/h5-7,10,17H,1-4,8H2,(H,18,19). The van der Waals surface area contributed by atoms with Crippen molar-refractivity contribution in [3.63, 3.8) is 0 Å². The molecule has 2 N–H and O–H groups in total. The fourth-order valence-electron chi connectivity index (χ4n) is 2.56. The largest absolute Gasteiger partial charge is 0.507 e. The molecule has 0 saturated heterocycles. The van der Waals surface area contributed by atoms with E-state index in [0.29, 0.717) is 0 Å². The Kier molecular flexibility index (Phi) is 4.85. The van der Waals surface area contributed by atoms with Crippen LogP contribution in [-0.4, -0.2) is 39.6 Å². The summed E-state index contributed by atoms with van der Waals surface area (Å²) in [4.78, 5) is 24.9. The lowest BCUT2D eigenvalue weighted by molar-refractivity contribution is -0.138. The summed E-state index contributed by atoms with van der Waals surface area (Å²) in [7, 11) is 0. The zero-order chi connectivity index (χ0) is 14.7. The number of carboxylic acids is 1. The van der Waals surface area contributed by atoms with Gasteiger partial charge in [-0.2, -0.15) is 0 Å². The van der Waals surface area contributed by atoms with E-state index >= 15 is 0 Å². The Bertz CT molecular complexity index is 526. The lowest BCUT2D eigenvalue weighted by Gasteiger charge is -2.27. The second-order valence-electron chi connectivity index (χ2n) is 4.93. The number of phenolic OH excluding ortho intramolecular Hbond substituents is 1. The van der Waals surface area contributed by atoms with Gasteiger partial charge in [-0.05, 0) is 53.6 Å². The molecule has 0 heterocycles. The fraction of sp³-hybridized carbons (Fsp3) is 0.429. The number of amides is 1. The van der Waals surface area contributed by atoms with Gasteiger partial charge in [0.15, 0.2) is 0 Å². The molecule has 0 radical (unpaired) electrons. The van der Waals surface area contributed by atoms with Crippen molar-refractivity contribution in [1.82, 2.24) is 4.90 Å². The van der Waals surface area contributed by atoms with Gasteiger partial charge >= 0.3 is 5.97 Å². The van der Waals surface area contributed by atoms with Gasteiger partial charge in [0, 0.05) is 9.61 Å². The van der Waals surface area contributed by atoms with Crippen molar-refractivity contribution in [2.45, 2.75) is 31.7 Å². The van der Waals surface area contributed by atoms with Crippen molar-refractivity contribution in [3.05, 3.63) is 27.3 Å². The normalized spacial score (nSPS) is 15.2. The fourth-order valence-corrected chi connectivity index (χ4v) is 3.05. The lowest BCUT2D eigenvalue weighted by atomic mass is 10.1. The maximum absolute atomic E-state index is 12.5. The molecule has 1 saturated carbocycles. The van der Waals surface area contributed by atoms with Crippen LogP contribution in [0.1, 0.15) is 36.0 Å². The Labute approximate surface area is 130 Å². The zero-order valence-corrected chi connectivity index (χ0v) is 13.0. The van der Waals surface area contributed by atoms with Crippen LogP contribution < -0.4 is 0 Å². The molecule has 1 aliphatic carbocycles. The Hall–Kier alpha value is -1.31. The van der Waals surface area contributed by atoms with Crippen LogP contribution >= 0.6 is 22.6 Å². The van der Waals surface area contributed by atoms with Crippen LogP contribution in [0, 0.1) is 3.57 Å². The number of rotatable bonds is 4. The first-order valence-corrected chi connectivity index (χ1v) is 7.58. The van der Waals surface area contributed by atoms with Gasteiger partial charge in [-0.25, -0.2) is 0 Å². The first kappa shape index (κ1) is 15.1. The summed E-state index contributed by atoms with van der Waals surface area (Å²) in [5.74, 6) is -1.55. The van der Waals surface area contributed by atoms with E-state index in [1.807, 2.05) is 0 Å². The third-order valence-electron chi connectivity index (χ3n) is 3.52. The van der Waals surface area contributed by atoms with Crippen LogP contribution in [0.4, 0.5) is 0 Å². The van der Waals surface area contributed by atoms with Gasteiger partial charge in [-0.1, -0.05) is 12.8 Å². The van der Waals surface area contributed by atoms with Crippen molar-refractivity contribution < 1.29 is 19.8 Å². The van der Waals surface area contributed by atoms with Crippen LogP contribution in [0.25, 0.3) is 0 Å². The van der Waals surface area contributed by atoms with Gasteiger partial charge in [-0.3, -0.25) is 9.59 Å². The summed E-state index contributed by atoms with van der Waals surface area (Å²) in [6, 6.07) is 4.70. The van der Waals surface area contributed by atoms with Gasteiger partial charge < -0.3 is 15.1 Å². The van der Waals surface area contributed by atoms with Gasteiger partial charge in [0.05, 0.1) is 5.56 Å². The van der Waals surface area contributed by atoms with Gasteiger partial charge in [0.25, 0.3) is 5.91 Å². The summed E-state index contributed by atoms with van der Waals surface area (Å²) in [6.07, 6.45) is 3.66. The van der Waals surface area contributed by atoms with Crippen LogP contribution in [0.15, 0.2) is 18.2 Å². The molecule has 1 aromatic rings. The Morgan fingerprint density at radius 2 is 1.95 bits per heavy atom. The predicted molar refractivity (Wildman–Crippen MR) is 81.8 cm³/mol. The number of aliphatic carboxylic acids is 1. The quantitative estimate of drug-likeness (QED) is 0.776. The number of hydrogen-bond donors (Lipinski definition) is 2. The van der Waals surface area contributed by atoms with Crippen molar-refractivity contribution in [1.29, 1.82) is 0 Å². The Morgan fingerprint density at radius 3 is 2.55 bits per heavy atom. The molecule has 20 heavy (non-hydrogen) atoms. The van der Waals surface area contributed by atoms with E-state index in [-0.39, 0.29) is 23.9 Å². The molecule has 1 aliphatic rings. The molecule has 1 amide bonds. The first-order valence-electron chi connectivity index (χ1n) is 6.50. The highest BCUT2D eigenvalue weighted by atomic mass is 127. The van der Waals surface area contributed by atoms with E-state index in [4.69, 9.17) is 5.11 Å². The van der Waals surface area contributed by atoms with E-state index in [9.17, 15) is 14.7 Å². The molecule has 1 fully saturated rings. The molecule has 2 rings (SSSR count). The van der Waals surface area contributed by atoms with Crippen molar-refractivity contribution in [2.24, 2.45) is 0 Å². The van der Waals surface area contributed by atoms with E-state index < -0.39 is 11.9 Å². The summed E-state index contributed by atoms with van der Waals surface area (Å²) in [6.45, 7) is -0.325. The maximum atomic E-state index is 12.5. The molecular formula is C14H16INO4. The van der Waals surface area contributed by atoms with E-state index in [1.54, 1.807) is 12.1 Å². The second kappa shape index (κ2) is 6.43. The number of aromatic hydroxyl groups is 1. The minimum atomic E-state index is -1.03. The third-order valence-corrected chi connectivity index (χ3v) is 4.19. The zero-order valence-electron chi connectivity index (χ0n) is 10.9. The maximum Gasteiger partial charge on any atom is 0.323 e. The number of carbonyl (C=O) groups excluding carboxylic acids is 1. The molecule has 6 heteroatoms. The highest BCUT2D eigenvalue weighted by Crippen LogP contribution is 2.27. The summed E-state index contributed by atoms with van der Waals surface area (Å²) in [5.41, 5.74) is 0.171. The molecule has 1 aromatic carbocycles. The summed E-state index contributed by atoms with van der Waals surface area (Å²) >= 11 is 2.05. The second-order valence-corrected chi connectivity index (χ2v) is 6.17. The number of phenols is 1. The number of benzene rings is 1. The third kappa shape index (κ3) is 3.41. The average Bonchev–Trinajstić information content (AvgIpc) is 2.91. The van der Waals surface area contributed by atoms with E-state index in [1.165, 1.54) is 11.0 Å². The predicted octanol–water partition coefficient (Wildman–Crippen LogP) is 2.47. The topological polar surface area (TPSA) is 77.8 Å². The smallest absolute Gasteiger partial charge is 0.323 e. The summed E-state index contributed by atoms with van der Waals surface area (Å²) < 4.78 is 0.824. The molecule has 0 bridgehead atoms. The minimum absolute atomic E-state index is 0.0455. The molecular weight excluding hydrogens is 373 g/mol. The Balaban J connectivity index is 2.29. The molecule has 0 unspecified atom stereocenters. The molecule has 0 spiro atoms. The number of nitrogens with zero attached hydrogens (tertiary/aromatic N) is 1. The highest BCUT2D eigenvalue weighted by molar-refractivity contribution is 14.1. The SMILES string of the molecule is O=C(O)CN(C(=O)c1cc(I)ccc1O)C1CCCC1. The van der Waals surface area contributed by atoms with Crippen LogP contribution in [0.5, 0.6) is 5.75 Å². The van der Waals surface area contributed by atoms with Crippen LogP contribution in [-0.2, 0) is 4.79 Å². The van der Waals surface area contributed by atoms with Gasteiger partial charge in [-0.15, -0.1) is 0 Å². The monoisotopic (exact) mass is 389 g/mol. The van der Waals surface area contributed by atoms with Gasteiger partial charge in [0.2, 0.25) is 0 Å². The van der Waals surface area contributed by atoms with Crippen molar-refractivity contribution in [3.8, 4) is 5.75 Å². The van der Waals surface area contributed by atoms with Crippen molar-refractivity contribution in [2.75, 3.05) is 6.54 Å². The molecule has 0 aliphatic heterocycles. The average molecular weight is 389 g/mol. The Morgan fingerprint density at radius 1 is 1.30 bits per heavy atom. The van der Waals surface area contributed by atoms with Crippen LogP contribution in [0.2, 0.25) is 0 Å². The number of halogens is 1. The highest BCUT2D eigenvalue weighted by Gasteiger charge is 2.30.